The van der Waals surface area contributed by atoms with Crippen LogP contribution in [0.3, 0.4) is 0 Å². The molecule has 1 amide bonds. The molecule has 1 aromatic rings. The van der Waals surface area contributed by atoms with Crippen LogP contribution >= 0.6 is 0 Å². The van der Waals surface area contributed by atoms with Crippen LogP contribution in [0.15, 0.2) is 30.3 Å². The number of amides is 1. The summed E-state index contributed by atoms with van der Waals surface area (Å²) in [6.45, 7) is 6.38. The van der Waals surface area contributed by atoms with Crippen molar-refractivity contribution in [3.63, 3.8) is 0 Å². The molecular weight excluding hydrogens is 238 g/mol. The molecule has 1 saturated heterocycles. The van der Waals surface area contributed by atoms with Gasteiger partial charge in [-0.15, -0.1) is 0 Å². The molecule has 0 radical (unpaired) electrons. The maximum absolute atomic E-state index is 11.9. The van der Waals surface area contributed by atoms with Crippen molar-refractivity contribution < 1.29 is 9.53 Å². The van der Waals surface area contributed by atoms with Crippen molar-refractivity contribution in [2.24, 2.45) is 5.92 Å². The molecule has 0 spiro atoms. The normalized spacial score (nSPS) is 19.1. The number of carbonyl (C=O) groups is 1. The van der Waals surface area contributed by atoms with Gasteiger partial charge in [0.05, 0.1) is 12.7 Å². The summed E-state index contributed by atoms with van der Waals surface area (Å²) >= 11 is 0. The Morgan fingerprint density at radius 1 is 1.37 bits per heavy atom. The average Bonchev–Trinajstić information content (AvgIpc) is 2.86. The van der Waals surface area contributed by atoms with Gasteiger partial charge in [0.25, 0.3) is 0 Å². The third kappa shape index (κ3) is 4.35. The fraction of sp³-hybridized carbons (Fsp3) is 0.562. The second-order valence-corrected chi connectivity index (χ2v) is 5.65. The first-order valence-electron chi connectivity index (χ1n) is 7.08. The summed E-state index contributed by atoms with van der Waals surface area (Å²) in [6, 6.07) is 10.2. The molecule has 1 heterocycles. The predicted octanol–water partition coefficient (Wildman–Crippen LogP) is 2.85. The Kier molecular flexibility index (Phi) is 4.97. The Morgan fingerprint density at radius 3 is 2.79 bits per heavy atom. The minimum absolute atomic E-state index is 0.191. The number of benzene rings is 1. The number of rotatable bonds is 5. The minimum atomic E-state index is 0.191. The summed E-state index contributed by atoms with van der Waals surface area (Å²) < 4.78 is 5.88. The van der Waals surface area contributed by atoms with E-state index in [2.05, 4.69) is 26.0 Å². The molecule has 1 aromatic carbocycles. The highest BCUT2D eigenvalue weighted by atomic mass is 16.5. The van der Waals surface area contributed by atoms with Crippen molar-refractivity contribution in [2.75, 3.05) is 13.1 Å². The lowest BCUT2D eigenvalue weighted by Crippen LogP contribution is -2.30. The number of ether oxygens (including phenoxy) is 1. The Hall–Kier alpha value is -1.35. The van der Waals surface area contributed by atoms with Gasteiger partial charge in [-0.05, 0) is 17.9 Å². The molecule has 1 aliphatic rings. The number of carbonyl (C=O) groups excluding carboxylic acids is 1. The van der Waals surface area contributed by atoms with Crippen LogP contribution in [0.25, 0.3) is 0 Å². The summed E-state index contributed by atoms with van der Waals surface area (Å²) in [7, 11) is 0. The molecule has 0 saturated carbocycles. The predicted molar refractivity (Wildman–Crippen MR) is 75.7 cm³/mol. The zero-order valence-electron chi connectivity index (χ0n) is 11.8. The van der Waals surface area contributed by atoms with Gasteiger partial charge >= 0.3 is 0 Å². The standard InChI is InChI=1S/C16H23NO2/c1-13(2)10-16(18)17-9-8-15(11-17)19-12-14-6-4-3-5-7-14/h3-7,13,15H,8-12H2,1-2H3. The second-order valence-electron chi connectivity index (χ2n) is 5.65. The van der Waals surface area contributed by atoms with Crippen molar-refractivity contribution in [1.82, 2.24) is 4.90 Å². The highest BCUT2D eigenvalue weighted by Gasteiger charge is 2.26. The fourth-order valence-electron chi connectivity index (χ4n) is 2.36. The van der Waals surface area contributed by atoms with Gasteiger partial charge in [0.15, 0.2) is 0 Å². The van der Waals surface area contributed by atoms with Gasteiger partial charge in [0.2, 0.25) is 5.91 Å². The molecule has 3 heteroatoms. The van der Waals surface area contributed by atoms with Crippen LogP contribution in [0.5, 0.6) is 0 Å². The summed E-state index contributed by atoms with van der Waals surface area (Å²) in [5.74, 6) is 0.692. The molecule has 0 N–H and O–H groups in total. The quantitative estimate of drug-likeness (QED) is 0.815. The van der Waals surface area contributed by atoms with Crippen LogP contribution in [0.1, 0.15) is 32.3 Å². The Bertz CT molecular complexity index is 402. The van der Waals surface area contributed by atoms with E-state index in [9.17, 15) is 4.79 Å². The van der Waals surface area contributed by atoms with Crippen molar-refractivity contribution in [3.8, 4) is 0 Å². The third-order valence-corrected chi connectivity index (χ3v) is 3.41. The Balaban J connectivity index is 1.75. The highest BCUT2D eigenvalue weighted by Crippen LogP contribution is 2.17. The summed E-state index contributed by atoms with van der Waals surface area (Å²) in [5.41, 5.74) is 1.19. The zero-order chi connectivity index (χ0) is 13.7. The summed E-state index contributed by atoms with van der Waals surface area (Å²) in [5, 5.41) is 0. The van der Waals surface area contributed by atoms with E-state index in [-0.39, 0.29) is 12.0 Å². The lowest BCUT2D eigenvalue weighted by molar-refractivity contribution is -0.131. The maximum atomic E-state index is 11.9. The lowest BCUT2D eigenvalue weighted by atomic mass is 10.1. The van der Waals surface area contributed by atoms with E-state index in [0.717, 1.165) is 19.5 Å². The van der Waals surface area contributed by atoms with Gasteiger partial charge in [-0.1, -0.05) is 44.2 Å². The average molecular weight is 261 g/mol. The molecule has 0 aromatic heterocycles. The van der Waals surface area contributed by atoms with E-state index in [1.807, 2.05) is 23.1 Å². The number of likely N-dealkylation sites (tertiary alicyclic amines) is 1. The molecule has 2 rings (SSSR count). The first kappa shape index (κ1) is 14.1. The fourth-order valence-corrected chi connectivity index (χ4v) is 2.36. The lowest BCUT2D eigenvalue weighted by Gasteiger charge is -2.18. The van der Waals surface area contributed by atoms with E-state index in [1.54, 1.807) is 0 Å². The molecule has 104 valence electrons. The van der Waals surface area contributed by atoms with E-state index < -0.39 is 0 Å². The van der Waals surface area contributed by atoms with Crippen LogP contribution in [0, 0.1) is 5.92 Å². The SMILES string of the molecule is CC(C)CC(=O)N1CCC(OCc2ccccc2)C1. The molecule has 1 aliphatic heterocycles. The van der Waals surface area contributed by atoms with Crippen LogP contribution in [-0.4, -0.2) is 30.0 Å². The maximum Gasteiger partial charge on any atom is 0.222 e. The van der Waals surface area contributed by atoms with E-state index in [1.165, 1.54) is 5.56 Å². The smallest absolute Gasteiger partial charge is 0.222 e. The first-order chi connectivity index (χ1) is 9.15. The molecule has 1 fully saturated rings. The van der Waals surface area contributed by atoms with Crippen molar-refractivity contribution in [3.05, 3.63) is 35.9 Å². The first-order valence-corrected chi connectivity index (χ1v) is 7.08. The van der Waals surface area contributed by atoms with Gasteiger partial charge < -0.3 is 9.64 Å². The van der Waals surface area contributed by atoms with Gasteiger partial charge in [0, 0.05) is 19.5 Å². The molecule has 1 atom stereocenters. The molecule has 0 aliphatic carbocycles. The van der Waals surface area contributed by atoms with E-state index >= 15 is 0 Å². The number of nitrogens with zero attached hydrogens (tertiary/aromatic N) is 1. The Morgan fingerprint density at radius 2 is 2.11 bits per heavy atom. The highest BCUT2D eigenvalue weighted by molar-refractivity contribution is 5.76. The van der Waals surface area contributed by atoms with E-state index in [4.69, 9.17) is 4.74 Å². The van der Waals surface area contributed by atoms with Gasteiger partial charge in [-0.2, -0.15) is 0 Å². The third-order valence-electron chi connectivity index (χ3n) is 3.41. The van der Waals surface area contributed by atoms with Gasteiger partial charge in [-0.3, -0.25) is 4.79 Å². The zero-order valence-corrected chi connectivity index (χ0v) is 11.8. The van der Waals surface area contributed by atoms with Crippen LogP contribution in [-0.2, 0) is 16.1 Å². The minimum Gasteiger partial charge on any atom is -0.372 e. The molecular formula is C16H23NO2. The van der Waals surface area contributed by atoms with Crippen molar-refractivity contribution in [1.29, 1.82) is 0 Å². The topological polar surface area (TPSA) is 29.5 Å². The van der Waals surface area contributed by atoms with Crippen molar-refractivity contribution >= 4 is 5.91 Å². The molecule has 3 nitrogen and oxygen atoms in total. The molecule has 0 bridgehead atoms. The summed E-state index contributed by atoms with van der Waals surface area (Å²) in [6.07, 6.45) is 1.79. The van der Waals surface area contributed by atoms with Crippen LogP contribution in [0.2, 0.25) is 0 Å². The van der Waals surface area contributed by atoms with E-state index in [0.29, 0.717) is 18.9 Å². The number of hydrogen-bond donors (Lipinski definition) is 0. The van der Waals surface area contributed by atoms with Crippen LogP contribution < -0.4 is 0 Å². The largest absolute Gasteiger partial charge is 0.372 e. The molecule has 19 heavy (non-hydrogen) atoms. The summed E-state index contributed by atoms with van der Waals surface area (Å²) in [4.78, 5) is 13.9. The Labute approximate surface area is 115 Å². The van der Waals surface area contributed by atoms with Crippen LogP contribution in [0.4, 0.5) is 0 Å². The monoisotopic (exact) mass is 261 g/mol. The molecule has 1 unspecified atom stereocenters. The number of hydrogen-bond acceptors (Lipinski definition) is 2. The van der Waals surface area contributed by atoms with Gasteiger partial charge in [-0.25, -0.2) is 0 Å². The van der Waals surface area contributed by atoms with Gasteiger partial charge in [0.1, 0.15) is 0 Å². The van der Waals surface area contributed by atoms with Crippen molar-refractivity contribution in [2.45, 2.75) is 39.4 Å². The second kappa shape index (κ2) is 6.71.